The van der Waals surface area contributed by atoms with Gasteiger partial charge in [-0.15, -0.1) is 0 Å². The number of ether oxygens (including phenoxy) is 2. The van der Waals surface area contributed by atoms with Gasteiger partial charge in [0.2, 0.25) is 0 Å². The summed E-state index contributed by atoms with van der Waals surface area (Å²) in [6, 6.07) is 12.9. The SMILES string of the molecule is COc1ccc(Oc2nc3ccccc3nc2N)c(Br)c1. The number of hydrogen-bond acceptors (Lipinski definition) is 5. The van der Waals surface area contributed by atoms with Crippen molar-refractivity contribution in [2.24, 2.45) is 0 Å². The Labute approximate surface area is 129 Å². The molecule has 5 nitrogen and oxygen atoms in total. The van der Waals surface area contributed by atoms with Crippen LogP contribution in [0.15, 0.2) is 46.9 Å². The van der Waals surface area contributed by atoms with Gasteiger partial charge >= 0.3 is 0 Å². The minimum Gasteiger partial charge on any atom is -0.497 e. The first-order chi connectivity index (χ1) is 10.2. The van der Waals surface area contributed by atoms with Crippen LogP contribution in [-0.2, 0) is 0 Å². The summed E-state index contributed by atoms with van der Waals surface area (Å²) in [5, 5.41) is 0. The zero-order valence-electron chi connectivity index (χ0n) is 11.2. The van der Waals surface area contributed by atoms with E-state index in [1.807, 2.05) is 24.3 Å². The van der Waals surface area contributed by atoms with Crippen LogP contribution < -0.4 is 15.2 Å². The Morgan fingerprint density at radius 3 is 2.43 bits per heavy atom. The summed E-state index contributed by atoms with van der Waals surface area (Å²) in [6.45, 7) is 0. The Balaban J connectivity index is 1.99. The zero-order chi connectivity index (χ0) is 14.8. The lowest BCUT2D eigenvalue weighted by Crippen LogP contribution is -1.99. The van der Waals surface area contributed by atoms with E-state index >= 15 is 0 Å². The van der Waals surface area contributed by atoms with E-state index in [1.165, 1.54) is 0 Å². The Bertz CT molecular complexity index is 808. The van der Waals surface area contributed by atoms with Crippen LogP contribution >= 0.6 is 15.9 Å². The van der Waals surface area contributed by atoms with Crippen LogP contribution in [0.2, 0.25) is 0 Å². The Morgan fingerprint density at radius 1 is 1.05 bits per heavy atom. The van der Waals surface area contributed by atoms with Crippen molar-refractivity contribution in [1.29, 1.82) is 0 Å². The molecule has 1 aromatic heterocycles. The molecule has 0 aliphatic rings. The van der Waals surface area contributed by atoms with Crippen molar-refractivity contribution in [3.63, 3.8) is 0 Å². The molecule has 0 bridgehead atoms. The molecule has 0 radical (unpaired) electrons. The molecule has 3 rings (SSSR count). The van der Waals surface area contributed by atoms with Gasteiger partial charge < -0.3 is 15.2 Å². The quantitative estimate of drug-likeness (QED) is 0.782. The molecule has 0 saturated carbocycles. The molecule has 0 unspecified atom stereocenters. The van der Waals surface area contributed by atoms with Crippen LogP contribution in [0.1, 0.15) is 0 Å². The molecule has 0 amide bonds. The number of rotatable bonds is 3. The number of nitrogen functional groups attached to an aromatic ring is 1. The largest absolute Gasteiger partial charge is 0.497 e. The summed E-state index contributed by atoms with van der Waals surface area (Å²) in [5.41, 5.74) is 7.36. The van der Waals surface area contributed by atoms with Crippen LogP contribution in [0.5, 0.6) is 17.4 Å². The topological polar surface area (TPSA) is 70.3 Å². The number of para-hydroxylation sites is 2. The molecule has 106 valence electrons. The third-order valence-corrected chi connectivity index (χ3v) is 3.53. The highest BCUT2D eigenvalue weighted by Gasteiger charge is 2.11. The van der Waals surface area contributed by atoms with Crippen molar-refractivity contribution in [3.05, 3.63) is 46.9 Å². The Hall–Kier alpha value is -2.34. The molecule has 0 aliphatic heterocycles. The van der Waals surface area contributed by atoms with Gasteiger partial charge in [-0.05, 0) is 46.3 Å². The van der Waals surface area contributed by atoms with Crippen molar-refractivity contribution in [2.45, 2.75) is 0 Å². The fourth-order valence-electron chi connectivity index (χ4n) is 1.87. The molecule has 2 N–H and O–H groups in total. The first-order valence-electron chi connectivity index (χ1n) is 6.21. The van der Waals surface area contributed by atoms with Crippen LogP contribution in [-0.4, -0.2) is 17.1 Å². The third-order valence-electron chi connectivity index (χ3n) is 2.91. The van der Waals surface area contributed by atoms with E-state index in [0.29, 0.717) is 5.75 Å². The molecular formula is C15H12BrN3O2. The monoisotopic (exact) mass is 345 g/mol. The summed E-state index contributed by atoms with van der Waals surface area (Å²) < 4.78 is 11.6. The highest BCUT2D eigenvalue weighted by atomic mass is 79.9. The van der Waals surface area contributed by atoms with Gasteiger partial charge in [-0.1, -0.05) is 12.1 Å². The van der Waals surface area contributed by atoms with E-state index in [-0.39, 0.29) is 11.7 Å². The highest BCUT2D eigenvalue weighted by molar-refractivity contribution is 9.10. The van der Waals surface area contributed by atoms with Gasteiger partial charge in [0, 0.05) is 0 Å². The number of benzene rings is 2. The van der Waals surface area contributed by atoms with Crippen molar-refractivity contribution >= 4 is 32.8 Å². The standard InChI is InChI=1S/C15H12BrN3O2/c1-20-9-6-7-13(10(16)8-9)21-15-14(17)18-11-4-2-3-5-12(11)19-15/h2-8H,1H3,(H2,17,18). The molecule has 0 aliphatic carbocycles. The predicted molar refractivity (Wildman–Crippen MR) is 84.7 cm³/mol. The van der Waals surface area contributed by atoms with Crippen LogP contribution in [0.3, 0.4) is 0 Å². The minimum absolute atomic E-state index is 0.247. The van der Waals surface area contributed by atoms with E-state index < -0.39 is 0 Å². The van der Waals surface area contributed by atoms with E-state index in [0.717, 1.165) is 21.3 Å². The van der Waals surface area contributed by atoms with Gasteiger partial charge in [-0.3, -0.25) is 0 Å². The molecule has 0 atom stereocenters. The number of nitrogens with zero attached hydrogens (tertiary/aromatic N) is 2. The Kier molecular flexibility index (Phi) is 3.62. The summed E-state index contributed by atoms with van der Waals surface area (Å²) in [5.74, 6) is 1.84. The maximum Gasteiger partial charge on any atom is 0.263 e. The van der Waals surface area contributed by atoms with Crippen LogP contribution in [0.25, 0.3) is 11.0 Å². The maximum absolute atomic E-state index is 5.90. The number of aromatic nitrogens is 2. The second-order valence-corrected chi connectivity index (χ2v) is 5.16. The van der Waals surface area contributed by atoms with Crippen molar-refractivity contribution in [1.82, 2.24) is 9.97 Å². The van der Waals surface area contributed by atoms with Gasteiger partial charge in [0.1, 0.15) is 11.5 Å². The average molecular weight is 346 g/mol. The second kappa shape index (κ2) is 5.57. The van der Waals surface area contributed by atoms with Crippen LogP contribution in [0, 0.1) is 0 Å². The lowest BCUT2D eigenvalue weighted by atomic mass is 10.3. The lowest BCUT2D eigenvalue weighted by molar-refractivity contribution is 0.411. The smallest absolute Gasteiger partial charge is 0.263 e. The number of fused-ring (bicyclic) bond motifs is 1. The van der Waals surface area contributed by atoms with Gasteiger partial charge in [0.25, 0.3) is 5.88 Å². The number of halogens is 1. The zero-order valence-corrected chi connectivity index (χ0v) is 12.8. The van der Waals surface area contributed by atoms with Crippen LogP contribution in [0.4, 0.5) is 5.82 Å². The normalized spacial score (nSPS) is 10.6. The lowest BCUT2D eigenvalue weighted by Gasteiger charge is -2.10. The molecule has 2 aromatic carbocycles. The summed E-state index contributed by atoms with van der Waals surface area (Å²) in [6.07, 6.45) is 0. The molecule has 21 heavy (non-hydrogen) atoms. The Morgan fingerprint density at radius 2 is 1.76 bits per heavy atom. The maximum atomic E-state index is 5.90. The second-order valence-electron chi connectivity index (χ2n) is 4.30. The van der Waals surface area contributed by atoms with Gasteiger partial charge in [0.05, 0.1) is 22.6 Å². The van der Waals surface area contributed by atoms with Gasteiger partial charge in [-0.25, -0.2) is 9.97 Å². The molecule has 3 aromatic rings. The fourth-order valence-corrected chi connectivity index (χ4v) is 2.31. The van der Waals surface area contributed by atoms with E-state index in [4.69, 9.17) is 15.2 Å². The first kappa shape index (κ1) is 13.6. The molecule has 0 fully saturated rings. The van der Waals surface area contributed by atoms with Crippen molar-refractivity contribution in [2.75, 3.05) is 12.8 Å². The minimum atomic E-state index is 0.247. The van der Waals surface area contributed by atoms with Gasteiger partial charge in [0.15, 0.2) is 5.82 Å². The molecule has 6 heteroatoms. The molecule has 1 heterocycles. The summed E-state index contributed by atoms with van der Waals surface area (Å²) in [7, 11) is 1.61. The number of anilines is 1. The summed E-state index contributed by atoms with van der Waals surface area (Å²) >= 11 is 3.43. The molecule has 0 saturated heterocycles. The number of methoxy groups -OCH3 is 1. The molecular weight excluding hydrogens is 334 g/mol. The highest BCUT2D eigenvalue weighted by Crippen LogP contribution is 2.34. The van der Waals surface area contributed by atoms with Crippen molar-refractivity contribution in [3.8, 4) is 17.4 Å². The third kappa shape index (κ3) is 2.75. The average Bonchev–Trinajstić information content (AvgIpc) is 2.49. The number of hydrogen-bond donors (Lipinski definition) is 1. The molecule has 0 spiro atoms. The first-order valence-corrected chi connectivity index (χ1v) is 7.00. The number of nitrogens with two attached hydrogens (primary N) is 1. The van der Waals surface area contributed by atoms with E-state index in [2.05, 4.69) is 25.9 Å². The van der Waals surface area contributed by atoms with Gasteiger partial charge in [-0.2, -0.15) is 0 Å². The summed E-state index contributed by atoms with van der Waals surface area (Å²) in [4.78, 5) is 8.68. The van der Waals surface area contributed by atoms with E-state index in [1.54, 1.807) is 25.3 Å². The predicted octanol–water partition coefficient (Wildman–Crippen LogP) is 3.78. The fraction of sp³-hybridized carbons (Fsp3) is 0.0667. The van der Waals surface area contributed by atoms with Crippen molar-refractivity contribution < 1.29 is 9.47 Å². The van der Waals surface area contributed by atoms with E-state index in [9.17, 15) is 0 Å².